The Morgan fingerprint density at radius 2 is 1.06 bits per heavy atom. The van der Waals surface area contributed by atoms with Crippen molar-refractivity contribution in [2.24, 2.45) is 0 Å². The van der Waals surface area contributed by atoms with Crippen LogP contribution in [0.15, 0.2) is 158 Å². The van der Waals surface area contributed by atoms with Crippen LogP contribution in [0.5, 0.6) is 0 Å². The molecule has 2 unspecified atom stereocenters. The Morgan fingerprint density at radius 3 is 1.85 bits per heavy atom. The fourth-order valence-electron chi connectivity index (χ4n) is 9.93. The van der Waals surface area contributed by atoms with Crippen molar-refractivity contribution in [1.82, 2.24) is 9.97 Å². The zero-order chi connectivity index (χ0) is 35.3. The van der Waals surface area contributed by atoms with E-state index >= 15 is 0 Å². The first-order valence-electron chi connectivity index (χ1n) is 19.1. The summed E-state index contributed by atoms with van der Waals surface area (Å²) in [6.07, 6.45) is 5.81. The van der Waals surface area contributed by atoms with E-state index in [-0.39, 0.29) is 0 Å². The molecule has 2 aliphatic carbocycles. The Kier molecular flexibility index (Phi) is 6.55. The molecule has 0 spiro atoms. The molecule has 2 aromatic heterocycles. The number of aromatic nitrogens is 2. The predicted molar refractivity (Wildman–Crippen MR) is 229 cm³/mol. The van der Waals surface area contributed by atoms with Gasteiger partial charge in [0.05, 0.1) is 22.9 Å². The molecule has 2 atom stereocenters. The summed E-state index contributed by atoms with van der Waals surface area (Å²) >= 11 is 1.94. The quantitative estimate of drug-likeness (QED) is 0.170. The van der Waals surface area contributed by atoms with E-state index in [4.69, 9.17) is 9.97 Å². The Balaban J connectivity index is 0.925. The standard InChI is InChI=1S/C51H34N2S/c1-3-14-41-37(11-1)38-12-2-4-15-42(38)50-49(41)52-29-45(53-50)31-21-19-30(20-22-31)32-9-7-10-33(27-32)36-25-26-40(48-35-24-23-34(28-35)47(36)48)44-17-8-16-43-39-13-5-6-18-46(39)54-51(43)44/h1-22,25-27,29,34-35H,23-24,28H2. The van der Waals surface area contributed by atoms with E-state index in [0.717, 1.165) is 33.1 Å². The van der Waals surface area contributed by atoms with Crippen molar-refractivity contribution in [2.45, 2.75) is 31.1 Å². The molecule has 2 nitrogen and oxygen atoms in total. The second-order valence-corrected chi connectivity index (χ2v) is 16.2. The van der Waals surface area contributed by atoms with Gasteiger partial charge in [0.1, 0.15) is 0 Å². The van der Waals surface area contributed by atoms with Gasteiger partial charge in [-0.05, 0) is 98.5 Å². The van der Waals surface area contributed by atoms with Crippen LogP contribution in [-0.2, 0) is 0 Å². The van der Waals surface area contributed by atoms with E-state index in [9.17, 15) is 0 Å². The topological polar surface area (TPSA) is 25.8 Å². The third-order valence-electron chi connectivity index (χ3n) is 12.3. The molecule has 10 aromatic rings. The molecular weight excluding hydrogens is 673 g/mol. The largest absolute Gasteiger partial charge is 0.252 e. The number of rotatable bonds is 4. The van der Waals surface area contributed by atoms with Gasteiger partial charge in [0.15, 0.2) is 0 Å². The number of nitrogens with zero attached hydrogens (tertiary/aromatic N) is 2. The summed E-state index contributed by atoms with van der Waals surface area (Å²) in [6.45, 7) is 0. The highest BCUT2D eigenvalue weighted by atomic mass is 32.1. The fraction of sp³-hybridized carbons (Fsp3) is 0.0980. The molecule has 2 heterocycles. The zero-order valence-electron chi connectivity index (χ0n) is 29.6. The molecule has 254 valence electrons. The number of fused-ring (bicyclic) bond motifs is 14. The van der Waals surface area contributed by atoms with Gasteiger partial charge in [0, 0.05) is 36.5 Å². The van der Waals surface area contributed by atoms with Crippen LogP contribution in [0.4, 0.5) is 0 Å². The summed E-state index contributed by atoms with van der Waals surface area (Å²) in [5, 5.41) is 7.45. The van der Waals surface area contributed by atoms with Gasteiger partial charge in [0.25, 0.3) is 0 Å². The summed E-state index contributed by atoms with van der Waals surface area (Å²) in [5.74, 6) is 1.29. The third kappa shape index (κ3) is 4.45. The van der Waals surface area contributed by atoms with Crippen LogP contribution in [0.3, 0.4) is 0 Å². The molecule has 2 bridgehead atoms. The lowest BCUT2D eigenvalue weighted by Gasteiger charge is -2.23. The second-order valence-electron chi connectivity index (χ2n) is 15.2. The molecule has 3 heteroatoms. The molecule has 1 fully saturated rings. The van der Waals surface area contributed by atoms with Crippen molar-refractivity contribution in [3.8, 4) is 44.6 Å². The minimum Gasteiger partial charge on any atom is -0.252 e. The van der Waals surface area contributed by atoms with E-state index in [2.05, 4.69) is 152 Å². The predicted octanol–water partition coefficient (Wildman–Crippen LogP) is 14.3. The van der Waals surface area contributed by atoms with Crippen LogP contribution in [0.2, 0.25) is 0 Å². The van der Waals surface area contributed by atoms with Gasteiger partial charge in [-0.1, -0.05) is 140 Å². The molecule has 54 heavy (non-hydrogen) atoms. The number of hydrogen-bond acceptors (Lipinski definition) is 3. The molecule has 0 amide bonds. The monoisotopic (exact) mass is 706 g/mol. The van der Waals surface area contributed by atoms with Gasteiger partial charge < -0.3 is 0 Å². The molecule has 0 aliphatic heterocycles. The Labute approximate surface area is 317 Å². The van der Waals surface area contributed by atoms with Crippen molar-refractivity contribution >= 4 is 64.1 Å². The van der Waals surface area contributed by atoms with E-state index in [1.165, 1.54) is 83.6 Å². The van der Waals surface area contributed by atoms with Crippen molar-refractivity contribution in [3.05, 3.63) is 169 Å². The van der Waals surface area contributed by atoms with Gasteiger partial charge >= 0.3 is 0 Å². The van der Waals surface area contributed by atoms with Crippen molar-refractivity contribution in [2.75, 3.05) is 0 Å². The van der Waals surface area contributed by atoms with E-state index < -0.39 is 0 Å². The highest BCUT2D eigenvalue weighted by molar-refractivity contribution is 7.26. The molecular formula is C51H34N2S. The van der Waals surface area contributed by atoms with E-state index in [1.54, 1.807) is 11.1 Å². The fourth-order valence-corrected chi connectivity index (χ4v) is 11.2. The summed E-state index contributed by atoms with van der Waals surface area (Å²) < 4.78 is 2.78. The first-order valence-corrected chi connectivity index (χ1v) is 19.9. The van der Waals surface area contributed by atoms with Gasteiger partial charge in [-0.3, -0.25) is 4.98 Å². The molecule has 2 aliphatic rings. The van der Waals surface area contributed by atoms with Gasteiger partial charge in [0.2, 0.25) is 0 Å². The first-order chi connectivity index (χ1) is 26.8. The van der Waals surface area contributed by atoms with Crippen LogP contribution >= 0.6 is 11.3 Å². The summed E-state index contributed by atoms with van der Waals surface area (Å²) in [4.78, 5) is 10.2. The molecule has 8 aromatic carbocycles. The van der Waals surface area contributed by atoms with E-state index in [0.29, 0.717) is 11.8 Å². The van der Waals surface area contributed by atoms with Crippen LogP contribution in [0, 0.1) is 0 Å². The third-order valence-corrected chi connectivity index (χ3v) is 13.6. The number of thiophene rings is 1. The van der Waals surface area contributed by atoms with Gasteiger partial charge in [-0.25, -0.2) is 4.98 Å². The maximum absolute atomic E-state index is 5.23. The van der Waals surface area contributed by atoms with Crippen LogP contribution in [0.25, 0.3) is 97.4 Å². The molecule has 1 saturated carbocycles. The highest BCUT2D eigenvalue weighted by Gasteiger charge is 2.40. The minimum atomic E-state index is 0.641. The zero-order valence-corrected chi connectivity index (χ0v) is 30.4. The smallest absolute Gasteiger partial charge is 0.0979 e. The van der Waals surface area contributed by atoms with Crippen LogP contribution < -0.4 is 0 Å². The number of benzene rings is 8. The summed E-state index contributed by atoms with van der Waals surface area (Å²) in [7, 11) is 0. The molecule has 0 radical (unpaired) electrons. The summed E-state index contributed by atoms with van der Waals surface area (Å²) in [6, 6.07) is 55.8. The average Bonchev–Trinajstić information content (AvgIpc) is 3.98. The minimum absolute atomic E-state index is 0.641. The normalized spacial score (nSPS) is 16.3. The molecule has 0 N–H and O–H groups in total. The number of hydrogen-bond donors (Lipinski definition) is 0. The molecule has 12 rings (SSSR count). The molecule has 0 saturated heterocycles. The Morgan fingerprint density at radius 1 is 0.444 bits per heavy atom. The van der Waals surface area contributed by atoms with Crippen LogP contribution in [0.1, 0.15) is 42.2 Å². The lowest BCUT2D eigenvalue weighted by molar-refractivity contribution is 0.720. The maximum atomic E-state index is 5.23. The van der Waals surface area contributed by atoms with Crippen LogP contribution in [-0.4, -0.2) is 9.97 Å². The summed E-state index contributed by atoms with van der Waals surface area (Å²) in [5.41, 5.74) is 15.1. The SMILES string of the molecule is c1cc(-c2ccc(-c3cnc4c5ccccc5c5ccccc5c4n3)cc2)cc(-c2ccc(-c3cccc4c3sc3ccccc34)c3c2C2CCC3C2)c1. The van der Waals surface area contributed by atoms with Gasteiger partial charge in [-0.15, -0.1) is 11.3 Å². The Bertz CT molecular complexity index is 3120. The van der Waals surface area contributed by atoms with Crippen molar-refractivity contribution in [3.63, 3.8) is 0 Å². The van der Waals surface area contributed by atoms with Gasteiger partial charge in [-0.2, -0.15) is 0 Å². The maximum Gasteiger partial charge on any atom is 0.0979 e. The van der Waals surface area contributed by atoms with Crippen molar-refractivity contribution in [1.29, 1.82) is 0 Å². The Hall–Kier alpha value is -6.16. The lowest BCUT2D eigenvalue weighted by Crippen LogP contribution is -2.03. The highest BCUT2D eigenvalue weighted by Crippen LogP contribution is 2.59. The average molecular weight is 707 g/mol. The van der Waals surface area contributed by atoms with Crippen molar-refractivity contribution < 1.29 is 0 Å². The van der Waals surface area contributed by atoms with E-state index in [1.807, 2.05) is 17.5 Å². The lowest BCUT2D eigenvalue weighted by atomic mass is 9.81. The second kappa shape index (κ2) is 11.7. The first kappa shape index (κ1) is 30.3.